The van der Waals surface area contributed by atoms with Crippen molar-refractivity contribution < 1.29 is 9.53 Å². The number of hydrogen-bond donors (Lipinski definition) is 2. The van der Waals surface area contributed by atoms with E-state index in [0.29, 0.717) is 18.1 Å². The first-order valence-corrected chi connectivity index (χ1v) is 11.2. The van der Waals surface area contributed by atoms with Crippen LogP contribution in [0.4, 0.5) is 5.69 Å². The molecule has 1 saturated heterocycles. The average Bonchev–Trinajstić information content (AvgIpc) is 3.48. The summed E-state index contributed by atoms with van der Waals surface area (Å²) >= 11 is 0. The van der Waals surface area contributed by atoms with Gasteiger partial charge in [0.1, 0.15) is 5.69 Å². The van der Waals surface area contributed by atoms with E-state index in [9.17, 15) is 4.79 Å². The van der Waals surface area contributed by atoms with Gasteiger partial charge in [0.15, 0.2) is 0 Å². The van der Waals surface area contributed by atoms with Crippen LogP contribution in [-0.4, -0.2) is 56.6 Å². The number of rotatable bonds is 5. The highest BCUT2D eigenvalue weighted by atomic mass is 16.5. The Labute approximate surface area is 193 Å². The molecule has 2 atom stereocenters. The fourth-order valence-electron chi connectivity index (χ4n) is 4.75. The molecule has 1 amide bonds. The van der Waals surface area contributed by atoms with Crippen LogP contribution in [0.3, 0.4) is 0 Å². The van der Waals surface area contributed by atoms with E-state index in [1.165, 1.54) is 11.1 Å². The molecule has 2 unspecified atom stereocenters. The number of nitrogens with zero attached hydrogens (tertiary/aromatic N) is 5. The monoisotopic (exact) mass is 447 g/mol. The van der Waals surface area contributed by atoms with Gasteiger partial charge in [0.05, 0.1) is 25.3 Å². The van der Waals surface area contributed by atoms with Gasteiger partial charge in [-0.1, -0.05) is 0 Å². The number of imidazole rings is 1. The van der Waals surface area contributed by atoms with Crippen LogP contribution in [0.2, 0.25) is 0 Å². The molecular weight excluding hydrogens is 418 g/mol. The van der Waals surface area contributed by atoms with Crippen molar-refractivity contribution in [2.45, 2.75) is 38.4 Å². The topological polar surface area (TPSA) is 97.2 Å². The summed E-state index contributed by atoms with van der Waals surface area (Å²) in [7, 11) is 3.51. The number of carbonyl (C=O) groups is 1. The lowest BCUT2D eigenvalue weighted by molar-refractivity contribution is 0.0786. The van der Waals surface area contributed by atoms with E-state index in [4.69, 9.17) is 4.74 Å². The highest BCUT2D eigenvalue weighted by molar-refractivity contribution is 5.92. The molecule has 0 aromatic carbocycles. The van der Waals surface area contributed by atoms with Crippen LogP contribution in [0.15, 0.2) is 37.2 Å². The minimum atomic E-state index is -0.0141. The zero-order valence-corrected chi connectivity index (χ0v) is 19.2. The first kappa shape index (κ1) is 21.4. The molecule has 0 bridgehead atoms. The van der Waals surface area contributed by atoms with Gasteiger partial charge in [-0.3, -0.25) is 9.78 Å². The Morgan fingerprint density at radius 3 is 2.91 bits per heavy atom. The van der Waals surface area contributed by atoms with Gasteiger partial charge in [-0.2, -0.15) is 0 Å². The second-order valence-electron chi connectivity index (χ2n) is 8.86. The second kappa shape index (κ2) is 8.82. The van der Waals surface area contributed by atoms with E-state index < -0.39 is 0 Å². The van der Waals surface area contributed by atoms with Gasteiger partial charge >= 0.3 is 0 Å². The first-order chi connectivity index (χ1) is 16.0. The van der Waals surface area contributed by atoms with Crippen LogP contribution in [-0.2, 0) is 20.0 Å². The summed E-state index contributed by atoms with van der Waals surface area (Å²) in [6, 6.07) is 2.49. The second-order valence-corrected chi connectivity index (χ2v) is 8.86. The number of aromatic nitrogens is 4. The van der Waals surface area contributed by atoms with Crippen LogP contribution in [0.5, 0.6) is 5.88 Å². The minimum Gasteiger partial charge on any atom is -0.481 e. The standard InChI is InChI=1S/C24H29N7O2/c1-15-6-16(9-27-23(15)33-3)20-7-19-17(10-26-20)8-25-11-21(19)29-18-4-5-31(12-18)24(32)22-13-30(2)14-28-22/h6,8-9,11,13-14,18,20,26,29H,4-5,7,10,12H2,1-3H3. The number of anilines is 1. The Kier molecular flexibility index (Phi) is 5.72. The van der Waals surface area contributed by atoms with E-state index in [0.717, 1.165) is 42.7 Å². The predicted molar refractivity (Wildman–Crippen MR) is 124 cm³/mol. The number of fused-ring (bicyclic) bond motifs is 1. The molecule has 2 N–H and O–H groups in total. The quantitative estimate of drug-likeness (QED) is 0.619. The van der Waals surface area contributed by atoms with Gasteiger partial charge in [-0.15, -0.1) is 0 Å². The largest absolute Gasteiger partial charge is 0.481 e. The zero-order valence-electron chi connectivity index (χ0n) is 19.2. The summed E-state index contributed by atoms with van der Waals surface area (Å²) in [5.41, 5.74) is 6.20. The fourth-order valence-corrected chi connectivity index (χ4v) is 4.75. The van der Waals surface area contributed by atoms with Crippen molar-refractivity contribution in [3.8, 4) is 5.88 Å². The summed E-state index contributed by atoms with van der Waals surface area (Å²) in [5, 5.41) is 7.28. The normalized spacial score (nSPS) is 19.9. The molecule has 0 radical (unpaired) electrons. The van der Waals surface area contributed by atoms with Crippen LogP contribution in [0.1, 0.15) is 45.2 Å². The third kappa shape index (κ3) is 4.28. The number of ether oxygens (including phenoxy) is 1. The van der Waals surface area contributed by atoms with Crippen molar-refractivity contribution >= 4 is 11.6 Å². The molecule has 172 valence electrons. The molecule has 3 aromatic heterocycles. The van der Waals surface area contributed by atoms with Crippen molar-refractivity contribution in [3.63, 3.8) is 0 Å². The van der Waals surface area contributed by atoms with Gasteiger partial charge in [0.25, 0.3) is 5.91 Å². The highest BCUT2D eigenvalue weighted by Gasteiger charge is 2.30. The summed E-state index contributed by atoms with van der Waals surface area (Å²) in [6.45, 7) is 4.14. The molecule has 0 spiro atoms. The summed E-state index contributed by atoms with van der Waals surface area (Å²) in [6.07, 6.45) is 10.9. The fraction of sp³-hybridized carbons (Fsp3) is 0.417. The number of carbonyl (C=O) groups excluding carboxylic acids is 1. The van der Waals surface area contributed by atoms with E-state index in [-0.39, 0.29) is 18.0 Å². The molecule has 2 aliphatic heterocycles. The van der Waals surface area contributed by atoms with Gasteiger partial charge in [-0.05, 0) is 42.5 Å². The molecular formula is C24H29N7O2. The summed E-state index contributed by atoms with van der Waals surface area (Å²) in [5.74, 6) is 0.646. The highest BCUT2D eigenvalue weighted by Crippen LogP contribution is 2.32. The third-order valence-corrected chi connectivity index (χ3v) is 6.50. The lowest BCUT2D eigenvalue weighted by Crippen LogP contribution is -2.33. The molecule has 9 heteroatoms. The minimum absolute atomic E-state index is 0.0141. The molecule has 5 rings (SSSR count). The van der Waals surface area contributed by atoms with Crippen LogP contribution >= 0.6 is 0 Å². The molecule has 33 heavy (non-hydrogen) atoms. The smallest absolute Gasteiger partial charge is 0.274 e. The molecule has 5 heterocycles. The molecule has 0 aliphatic carbocycles. The van der Waals surface area contributed by atoms with Gasteiger partial charge < -0.3 is 24.8 Å². The van der Waals surface area contributed by atoms with Crippen molar-refractivity contribution in [3.05, 3.63) is 65.1 Å². The SMILES string of the molecule is COc1ncc(C2Cc3c(cncc3NC3CCN(C(=O)c4cn(C)cn4)C3)CN2)cc1C. The van der Waals surface area contributed by atoms with Gasteiger partial charge in [-0.25, -0.2) is 9.97 Å². The van der Waals surface area contributed by atoms with E-state index in [1.807, 2.05) is 37.5 Å². The van der Waals surface area contributed by atoms with E-state index in [1.54, 1.807) is 24.2 Å². The average molecular weight is 448 g/mol. The molecule has 9 nitrogen and oxygen atoms in total. The number of nitrogens with one attached hydrogen (secondary N) is 2. The summed E-state index contributed by atoms with van der Waals surface area (Å²) in [4.78, 5) is 27.7. The first-order valence-electron chi connectivity index (χ1n) is 11.2. The van der Waals surface area contributed by atoms with Gasteiger partial charge in [0.2, 0.25) is 5.88 Å². The Morgan fingerprint density at radius 1 is 1.27 bits per heavy atom. The Balaban J connectivity index is 1.29. The molecule has 2 aliphatic rings. The van der Waals surface area contributed by atoms with E-state index >= 15 is 0 Å². The molecule has 1 fully saturated rings. The maximum absolute atomic E-state index is 12.8. The zero-order chi connectivity index (χ0) is 22.9. The van der Waals surface area contributed by atoms with Crippen molar-refractivity contribution in [2.75, 3.05) is 25.5 Å². The lowest BCUT2D eigenvalue weighted by atomic mass is 9.92. The molecule has 3 aromatic rings. The van der Waals surface area contributed by atoms with Crippen LogP contribution in [0, 0.1) is 6.92 Å². The number of hydrogen-bond acceptors (Lipinski definition) is 7. The summed E-state index contributed by atoms with van der Waals surface area (Å²) < 4.78 is 7.11. The Morgan fingerprint density at radius 2 is 2.15 bits per heavy atom. The van der Waals surface area contributed by atoms with Crippen molar-refractivity contribution in [2.24, 2.45) is 7.05 Å². The molecule has 0 saturated carbocycles. The van der Waals surface area contributed by atoms with Gasteiger partial charge in [0, 0.05) is 62.9 Å². The van der Waals surface area contributed by atoms with Crippen LogP contribution < -0.4 is 15.4 Å². The Bertz CT molecular complexity index is 1180. The predicted octanol–water partition coefficient (Wildman–Crippen LogP) is 2.24. The lowest BCUT2D eigenvalue weighted by Gasteiger charge is -2.29. The van der Waals surface area contributed by atoms with Crippen molar-refractivity contribution in [1.82, 2.24) is 29.7 Å². The number of amides is 1. The maximum atomic E-state index is 12.8. The van der Waals surface area contributed by atoms with E-state index in [2.05, 4.69) is 31.7 Å². The van der Waals surface area contributed by atoms with Crippen molar-refractivity contribution in [1.29, 1.82) is 0 Å². The van der Waals surface area contributed by atoms with Crippen LogP contribution in [0.25, 0.3) is 0 Å². The maximum Gasteiger partial charge on any atom is 0.274 e. The third-order valence-electron chi connectivity index (χ3n) is 6.50. The number of pyridine rings is 2. The Hall–Kier alpha value is -3.46. The number of likely N-dealkylation sites (tertiary alicyclic amines) is 1. The number of aryl methyl sites for hydroxylation is 2. The number of methoxy groups -OCH3 is 1.